The van der Waals surface area contributed by atoms with Crippen LogP contribution in [0.3, 0.4) is 0 Å². The summed E-state index contributed by atoms with van der Waals surface area (Å²) >= 11 is 2.28. The van der Waals surface area contributed by atoms with Gasteiger partial charge in [-0.05, 0) is 73.0 Å². The van der Waals surface area contributed by atoms with E-state index in [-0.39, 0.29) is 6.61 Å². The minimum atomic E-state index is -0.897. The fraction of sp³-hybridized carbons (Fsp3) is 0.562. The molecular formula is C16H20INO3. The Kier molecular flexibility index (Phi) is 4.25. The Balaban J connectivity index is 1.92. The van der Waals surface area contributed by atoms with Gasteiger partial charge >= 0.3 is 5.97 Å². The second kappa shape index (κ2) is 5.85. The predicted octanol–water partition coefficient (Wildman–Crippen LogP) is 2.84. The number of carbonyl (C=O) groups is 1. The first-order chi connectivity index (χ1) is 10.00. The highest BCUT2D eigenvalue weighted by molar-refractivity contribution is 14.1. The molecule has 0 aliphatic carbocycles. The largest absolute Gasteiger partial charge is 0.480 e. The second-order valence-electron chi connectivity index (χ2n) is 6.14. The van der Waals surface area contributed by atoms with Gasteiger partial charge in [-0.2, -0.15) is 0 Å². The van der Waals surface area contributed by atoms with E-state index in [4.69, 9.17) is 9.84 Å². The first-order valence-corrected chi connectivity index (χ1v) is 8.42. The van der Waals surface area contributed by atoms with E-state index in [9.17, 15) is 4.79 Å². The first kappa shape index (κ1) is 15.2. The van der Waals surface area contributed by atoms with Crippen LogP contribution in [-0.2, 0) is 15.1 Å². The minimum absolute atomic E-state index is 0.227. The SMILES string of the molecule is CN1C2CCC1CC(OCC(=O)O)(c1ccc(I)cc1)C2. The van der Waals surface area contributed by atoms with Gasteiger partial charge in [0.25, 0.3) is 0 Å². The molecule has 0 radical (unpaired) electrons. The summed E-state index contributed by atoms with van der Waals surface area (Å²) in [5, 5.41) is 9.01. The molecule has 0 saturated carbocycles. The zero-order valence-corrected chi connectivity index (χ0v) is 14.2. The van der Waals surface area contributed by atoms with Crippen LogP contribution in [0, 0.1) is 3.57 Å². The molecule has 1 aromatic carbocycles. The summed E-state index contributed by atoms with van der Waals surface area (Å²) in [5.41, 5.74) is 0.676. The molecule has 2 aliphatic rings. The maximum atomic E-state index is 11.0. The van der Waals surface area contributed by atoms with Crippen molar-refractivity contribution in [3.05, 3.63) is 33.4 Å². The summed E-state index contributed by atoms with van der Waals surface area (Å²) in [6.07, 6.45) is 4.13. The zero-order valence-electron chi connectivity index (χ0n) is 12.1. The standard InChI is InChI=1S/C16H20INO3/c1-18-13-6-7-14(18)9-16(8-13,21-10-15(19)20)11-2-4-12(17)5-3-11/h2-5,13-14H,6-10H2,1H3,(H,19,20). The minimum Gasteiger partial charge on any atom is -0.480 e. The third-order valence-electron chi connectivity index (χ3n) is 4.96. The normalized spacial score (nSPS) is 32.3. The lowest BCUT2D eigenvalue weighted by Gasteiger charge is -2.45. The molecule has 0 aromatic heterocycles. The van der Waals surface area contributed by atoms with Crippen LogP contribution in [0.5, 0.6) is 0 Å². The van der Waals surface area contributed by atoms with E-state index in [1.54, 1.807) is 0 Å². The molecule has 2 unspecified atom stereocenters. The van der Waals surface area contributed by atoms with Gasteiger partial charge in [0, 0.05) is 15.7 Å². The molecule has 5 heteroatoms. The van der Waals surface area contributed by atoms with E-state index < -0.39 is 11.6 Å². The maximum Gasteiger partial charge on any atom is 0.329 e. The third kappa shape index (κ3) is 2.96. The first-order valence-electron chi connectivity index (χ1n) is 7.34. The maximum absolute atomic E-state index is 11.0. The van der Waals surface area contributed by atoms with Gasteiger partial charge in [-0.1, -0.05) is 12.1 Å². The molecule has 114 valence electrons. The summed E-state index contributed by atoms with van der Waals surface area (Å²) in [6.45, 7) is -0.227. The number of halogens is 1. The zero-order chi connectivity index (χ0) is 15.0. The van der Waals surface area contributed by atoms with Gasteiger partial charge in [-0.3, -0.25) is 0 Å². The van der Waals surface area contributed by atoms with Crippen LogP contribution >= 0.6 is 22.6 Å². The predicted molar refractivity (Wildman–Crippen MR) is 88.2 cm³/mol. The van der Waals surface area contributed by atoms with E-state index in [0.29, 0.717) is 12.1 Å². The second-order valence-corrected chi connectivity index (χ2v) is 7.39. The van der Waals surface area contributed by atoms with Crippen molar-refractivity contribution >= 4 is 28.6 Å². The van der Waals surface area contributed by atoms with Gasteiger partial charge in [0.1, 0.15) is 6.61 Å². The summed E-state index contributed by atoms with van der Waals surface area (Å²) in [7, 11) is 2.18. The molecule has 2 saturated heterocycles. The molecule has 21 heavy (non-hydrogen) atoms. The quantitative estimate of drug-likeness (QED) is 0.789. The molecular weight excluding hydrogens is 381 g/mol. The van der Waals surface area contributed by atoms with Crippen LogP contribution in [-0.4, -0.2) is 41.7 Å². The van der Waals surface area contributed by atoms with Crippen molar-refractivity contribution in [2.75, 3.05) is 13.7 Å². The smallest absolute Gasteiger partial charge is 0.329 e. The number of hydrogen-bond donors (Lipinski definition) is 1. The highest BCUT2D eigenvalue weighted by Gasteiger charge is 2.48. The van der Waals surface area contributed by atoms with E-state index in [1.165, 1.54) is 16.4 Å². The molecule has 2 heterocycles. The molecule has 1 aromatic rings. The Bertz CT molecular complexity index is 517. The van der Waals surface area contributed by atoms with Crippen LogP contribution in [0.15, 0.2) is 24.3 Å². The van der Waals surface area contributed by atoms with Gasteiger partial charge in [0.05, 0.1) is 5.60 Å². The van der Waals surface area contributed by atoms with Crippen molar-refractivity contribution in [2.24, 2.45) is 0 Å². The lowest BCUT2D eigenvalue weighted by atomic mass is 9.80. The number of carboxylic acids is 1. The lowest BCUT2D eigenvalue weighted by molar-refractivity contribution is -0.157. The van der Waals surface area contributed by atoms with Gasteiger partial charge < -0.3 is 14.7 Å². The number of piperidine rings is 1. The third-order valence-corrected chi connectivity index (χ3v) is 5.68. The Morgan fingerprint density at radius 3 is 2.43 bits per heavy atom. The van der Waals surface area contributed by atoms with E-state index in [2.05, 4.69) is 58.8 Å². The van der Waals surface area contributed by atoms with Crippen molar-refractivity contribution in [2.45, 2.75) is 43.4 Å². The van der Waals surface area contributed by atoms with Crippen molar-refractivity contribution in [1.82, 2.24) is 4.90 Å². The average molecular weight is 401 g/mol. The molecule has 2 bridgehead atoms. The molecule has 0 spiro atoms. The lowest BCUT2D eigenvalue weighted by Crippen LogP contribution is -2.49. The fourth-order valence-corrected chi connectivity index (χ4v) is 4.18. The summed E-state index contributed by atoms with van der Waals surface area (Å²) in [5.74, 6) is -0.897. The molecule has 2 atom stereocenters. The molecule has 2 aliphatic heterocycles. The monoisotopic (exact) mass is 401 g/mol. The average Bonchev–Trinajstić information content (AvgIpc) is 2.69. The topological polar surface area (TPSA) is 49.8 Å². The highest BCUT2D eigenvalue weighted by Crippen LogP contribution is 2.47. The van der Waals surface area contributed by atoms with Crippen LogP contribution in [0.4, 0.5) is 0 Å². The Hall–Kier alpha value is -0.660. The van der Waals surface area contributed by atoms with Gasteiger partial charge in [0.15, 0.2) is 0 Å². The van der Waals surface area contributed by atoms with E-state index in [1.807, 2.05) is 0 Å². The molecule has 2 fully saturated rings. The van der Waals surface area contributed by atoms with Crippen molar-refractivity contribution < 1.29 is 14.6 Å². The molecule has 3 rings (SSSR count). The van der Waals surface area contributed by atoms with Gasteiger partial charge in [-0.15, -0.1) is 0 Å². The van der Waals surface area contributed by atoms with E-state index >= 15 is 0 Å². The van der Waals surface area contributed by atoms with Crippen LogP contribution < -0.4 is 0 Å². The van der Waals surface area contributed by atoms with Crippen molar-refractivity contribution in [3.63, 3.8) is 0 Å². The van der Waals surface area contributed by atoms with E-state index in [0.717, 1.165) is 18.4 Å². The van der Waals surface area contributed by atoms with Gasteiger partial charge in [-0.25, -0.2) is 4.79 Å². The molecule has 4 nitrogen and oxygen atoms in total. The number of aliphatic carboxylic acids is 1. The Labute approximate surface area is 138 Å². The summed E-state index contributed by atoms with van der Waals surface area (Å²) in [6, 6.07) is 9.32. The van der Waals surface area contributed by atoms with Crippen LogP contribution in [0.2, 0.25) is 0 Å². The fourth-order valence-electron chi connectivity index (χ4n) is 3.82. The molecule has 1 N–H and O–H groups in total. The number of carboxylic acid groups (broad SMARTS) is 1. The molecule has 0 amide bonds. The van der Waals surface area contributed by atoms with Crippen LogP contribution in [0.1, 0.15) is 31.2 Å². The van der Waals surface area contributed by atoms with Crippen molar-refractivity contribution in [1.29, 1.82) is 0 Å². The Morgan fingerprint density at radius 1 is 1.33 bits per heavy atom. The number of benzene rings is 1. The Morgan fingerprint density at radius 2 is 1.90 bits per heavy atom. The van der Waals surface area contributed by atoms with Crippen LogP contribution in [0.25, 0.3) is 0 Å². The number of ether oxygens (including phenoxy) is 1. The summed E-state index contributed by atoms with van der Waals surface area (Å²) in [4.78, 5) is 13.4. The van der Waals surface area contributed by atoms with Gasteiger partial charge in [0.2, 0.25) is 0 Å². The highest BCUT2D eigenvalue weighted by atomic mass is 127. The number of hydrogen-bond acceptors (Lipinski definition) is 3. The number of nitrogens with zero attached hydrogens (tertiary/aromatic N) is 1. The summed E-state index contributed by atoms with van der Waals surface area (Å²) < 4.78 is 7.14. The van der Waals surface area contributed by atoms with Crippen molar-refractivity contribution in [3.8, 4) is 0 Å². The number of fused-ring (bicyclic) bond motifs is 2. The number of rotatable bonds is 4.